The Kier molecular flexibility index (Phi) is 7.44. The quantitative estimate of drug-likeness (QED) is 0.312. The van der Waals surface area contributed by atoms with Gasteiger partial charge in [-0.15, -0.1) is 0 Å². The lowest BCUT2D eigenvalue weighted by Gasteiger charge is -2.61. The number of carbonyl (C=O) groups excluding carboxylic acids is 1. The van der Waals surface area contributed by atoms with Crippen LogP contribution >= 0.6 is 0 Å². The highest BCUT2D eigenvalue weighted by molar-refractivity contribution is 5.75. The monoisotopic (exact) mass is 600 g/mol. The summed E-state index contributed by atoms with van der Waals surface area (Å²) in [5.74, 6) is 2.80. The van der Waals surface area contributed by atoms with Crippen molar-refractivity contribution in [3.05, 3.63) is 59.2 Å². The minimum absolute atomic E-state index is 0.0347. The molecular weight excluding hydrogens is 544 g/mol. The van der Waals surface area contributed by atoms with Gasteiger partial charge in [0.2, 0.25) is 0 Å². The predicted molar refractivity (Wildman–Crippen MR) is 176 cm³/mol. The van der Waals surface area contributed by atoms with Crippen molar-refractivity contribution < 1.29 is 15.0 Å². The SMILES string of the molecule is C[C@@H](NC(=O)N(C[C@@H]1CC[C@H]2C[C@@H]1C2(C)C)C[C@]1(O)CC[C@H]2C3=CC=C4C[C@@H](O)CC[C@]4(C)[C@H]3CC[C@@]21C)c1ccccc1. The minimum atomic E-state index is -0.920. The molecule has 5 nitrogen and oxygen atoms in total. The second kappa shape index (κ2) is 10.7. The fourth-order valence-electron chi connectivity index (χ4n) is 11.5. The molecule has 2 amide bonds. The Morgan fingerprint density at radius 2 is 1.73 bits per heavy atom. The molecule has 6 saturated carbocycles. The van der Waals surface area contributed by atoms with Crippen LogP contribution in [0.5, 0.6) is 0 Å². The van der Waals surface area contributed by atoms with Crippen LogP contribution in [-0.2, 0) is 0 Å². The Balaban J connectivity index is 1.15. The Morgan fingerprint density at radius 3 is 2.45 bits per heavy atom. The highest BCUT2D eigenvalue weighted by Gasteiger charge is 2.63. The van der Waals surface area contributed by atoms with Crippen LogP contribution in [0.3, 0.4) is 0 Å². The van der Waals surface area contributed by atoms with Crippen molar-refractivity contribution in [2.45, 2.75) is 117 Å². The van der Waals surface area contributed by atoms with Crippen molar-refractivity contribution in [2.24, 2.45) is 45.8 Å². The maximum absolute atomic E-state index is 14.2. The molecule has 7 aliphatic carbocycles. The standard InChI is InChI=1S/C39H56N2O3/c1-25(26-9-7-6-8-10-26)40-35(43)41(23-27-11-12-28-22-34(27)36(28,2)3)24-39(44)20-17-33-31-14-13-29-21-30(42)15-18-37(29,4)32(31)16-19-38(33,39)5/h6-10,13-14,25,27-28,30,32-34,42,44H,11-12,15-24H2,1-5H3,(H,40,43)/t25-,27+,28+,30+,32+,33+,34+,37+,38+,39-/m1/s1. The summed E-state index contributed by atoms with van der Waals surface area (Å²) in [6.45, 7) is 12.8. The van der Waals surface area contributed by atoms with E-state index in [9.17, 15) is 15.0 Å². The summed E-state index contributed by atoms with van der Waals surface area (Å²) in [6.07, 6.45) is 14.7. The molecule has 7 aliphatic rings. The highest BCUT2D eigenvalue weighted by atomic mass is 16.3. The van der Waals surface area contributed by atoms with Crippen molar-refractivity contribution in [1.82, 2.24) is 10.2 Å². The van der Waals surface area contributed by atoms with Gasteiger partial charge in [0.05, 0.1) is 24.3 Å². The molecule has 0 aliphatic heterocycles. The van der Waals surface area contributed by atoms with Crippen LogP contribution in [0.2, 0.25) is 0 Å². The maximum Gasteiger partial charge on any atom is 0.317 e. The van der Waals surface area contributed by atoms with E-state index in [1.807, 2.05) is 23.1 Å². The molecule has 0 unspecified atom stereocenters. The second-order valence-corrected chi connectivity index (χ2v) is 17.0. The molecule has 44 heavy (non-hydrogen) atoms. The number of rotatable bonds is 6. The largest absolute Gasteiger partial charge is 0.393 e. The van der Waals surface area contributed by atoms with E-state index in [1.54, 1.807) is 0 Å². The molecule has 0 saturated heterocycles. The van der Waals surface area contributed by atoms with Gasteiger partial charge in [-0.3, -0.25) is 0 Å². The van der Waals surface area contributed by atoms with Gasteiger partial charge in [-0.25, -0.2) is 4.79 Å². The first-order valence-corrected chi connectivity index (χ1v) is 17.8. The molecule has 2 bridgehead atoms. The van der Waals surface area contributed by atoms with E-state index in [-0.39, 0.29) is 29.0 Å². The summed E-state index contributed by atoms with van der Waals surface area (Å²) in [6, 6.07) is 10.1. The molecule has 1 aromatic rings. The van der Waals surface area contributed by atoms with Crippen LogP contribution in [0.25, 0.3) is 0 Å². The normalized spacial score (nSPS) is 42.4. The number of carbonyl (C=O) groups is 1. The first kappa shape index (κ1) is 30.5. The molecule has 10 atom stereocenters. The molecule has 0 aromatic heterocycles. The van der Waals surface area contributed by atoms with Gasteiger partial charge in [-0.05, 0) is 117 Å². The lowest BCUT2D eigenvalue weighted by molar-refractivity contribution is -0.122. The number of nitrogens with zero attached hydrogens (tertiary/aromatic N) is 1. The Morgan fingerprint density at radius 1 is 0.977 bits per heavy atom. The number of benzene rings is 1. The van der Waals surface area contributed by atoms with Crippen LogP contribution in [0.15, 0.2) is 53.6 Å². The van der Waals surface area contributed by atoms with Crippen LogP contribution in [0, 0.1) is 45.8 Å². The molecule has 240 valence electrons. The predicted octanol–water partition coefficient (Wildman–Crippen LogP) is 7.81. The van der Waals surface area contributed by atoms with Crippen LogP contribution in [0.4, 0.5) is 4.79 Å². The molecule has 1 aromatic carbocycles. The maximum atomic E-state index is 14.2. The topological polar surface area (TPSA) is 72.8 Å². The molecular formula is C39H56N2O3. The van der Waals surface area contributed by atoms with E-state index in [1.165, 1.54) is 30.4 Å². The van der Waals surface area contributed by atoms with E-state index in [0.29, 0.717) is 35.6 Å². The van der Waals surface area contributed by atoms with E-state index in [0.717, 1.165) is 63.0 Å². The zero-order chi connectivity index (χ0) is 31.1. The molecule has 0 radical (unpaired) electrons. The van der Waals surface area contributed by atoms with Crippen LogP contribution < -0.4 is 5.32 Å². The summed E-state index contributed by atoms with van der Waals surface area (Å²) < 4.78 is 0. The minimum Gasteiger partial charge on any atom is -0.393 e. The number of nitrogens with one attached hydrogen (secondary N) is 1. The molecule has 0 heterocycles. The van der Waals surface area contributed by atoms with Crippen LogP contribution in [-0.4, -0.2) is 45.9 Å². The number of fused-ring (bicyclic) bond motifs is 7. The van der Waals surface area contributed by atoms with E-state index >= 15 is 0 Å². The third-order valence-electron chi connectivity index (χ3n) is 14.7. The Hall–Kier alpha value is -2.11. The lowest BCUT2D eigenvalue weighted by atomic mass is 9.45. The number of aliphatic hydroxyl groups is 2. The number of urea groups is 1. The third-order valence-corrected chi connectivity index (χ3v) is 14.7. The van der Waals surface area contributed by atoms with Gasteiger partial charge in [0.15, 0.2) is 0 Å². The Bertz CT molecular complexity index is 1330. The van der Waals surface area contributed by atoms with Gasteiger partial charge in [-0.1, -0.05) is 81.3 Å². The number of hydrogen-bond donors (Lipinski definition) is 3. The number of aliphatic hydroxyl groups excluding tert-OH is 1. The molecule has 8 rings (SSSR count). The van der Waals surface area contributed by atoms with Gasteiger partial charge in [0.1, 0.15) is 0 Å². The summed E-state index contributed by atoms with van der Waals surface area (Å²) in [5, 5.41) is 26.5. The molecule has 3 N–H and O–H groups in total. The fourth-order valence-corrected chi connectivity index (χ4v) is 11.5. The first-order chi connectivity index (χ1) is 20.9. The van der Waals surface area contributed by atoms with Gasteiger partial charge < -0.3 is 20.4 Å². The van der Waals surface area contributed by atoms with Gasteiger partial charge in [0.25, 0.3) is 0 Å². The Labute approximate surface area is 265 Å². The molecule has 5 heteroatoms. The molecule has 6 fully saturated rings. The fraction of sp³-hybridized carbons (Fsp3) is 0.718. The van der Waals surface area contributed by atoms with E-state index < -0.39 is 5.60 Å². The average molecular weight is 601 g/mol. The van der Waals surface area contributed by atoms with Gasteiger partial charge >= 0.3 is 6.03 Å². The van der Waals surface area contributed by atoms with Gasteiger partial charge in [-0.2, -0.15) is 0 Å². The number of hydrogen-bond acceptors (Lipinski definition) is 3. The van der Waals surface area contributed by atoms with Crippen molar-refractivity contribution in [1.29, 1.82) is 0 Å². The zero-order valence-electron chi connectivity index (χ0n) is 27.8. The van der Waals surface area contributed by atoms with Crippen molar-refractivity contribution in [2.75, 3.05) is 13.1 Å². The third kappa shape index (κ3) is 4.65. The van der Waals surface area contributed by atoms with E-state index in [2.05, 4.69) is 64.2 Å². The summed E-state index contributed by atoms with van der Waals surface area (Å²) in [7, 11) is 0. The van der Waals surface area contributed by atoms with Crippen molar-refractivity contribution in [3.8, 4) is 0 Å². The lowest BCUT2D eigenvalue weighted by Crippen LogP contribution is -2.60. The van der Waals surface area contributed by atoms with Crippen LogP contribution in [0.1, 0.15) is 110 Å². The van der Waals surface area contributed by atoms with Gasteiger partial charge in [0, 0.05) is 12.0 Å². The summed E-state index contributed by atoms with van der Waals surface area (Å²) in [4.78, 5) is 16.2. The van der Waals surface area contributed by atoms with Crippen molar-refractivity contribution >= 4 is 6.03 Å². The second-order valence-electron chi connectivity index (χ2n) is 17.0. The highest BCUT2D eigenvalue weighted by Crippen LogP contribution is 2.66. The number of amides is 2. The van der Waals surface area contributed by atoms with Crippen molar-refractivity contribution in [3.63, 3.8) is 0 Å². The first-order valence-electron chi connectivity index (χ1n) is 17.8. The smallest absolute Gasteiger partial charge is 0.317 e. The average Bonchev–Trinajstić information content (AvgIpc) is 3.27. The zero-order valence-corrected chi connectivity index (χ0v) is 27.8. The molecule has 0 spiro atoms. The van der Waals surface area contributed by atoms with E-state index in [4.69, 9.17) is 0 Å². The summed E-state index contributed by atoms with van der Waals surface area (Å²) in [5.41, 5.74) is 3.35. The summed E-state index contributed by atoms with van der Waals surface area (Å²) >= 11 is 0. The number of allylic oxidation sites excluding steroid dienone is 3.